The number of benzene rings is 1. The number of amides is 2. The number of carbonyl (C=O) groups is 2. The SMILES string of the molecule is O=C(Cc1ccc(N2CCCC2=O)cc1)NCC1(O)CCCC1. The molecule has 1 heterocycles. The fourth-order valence-electron chi connectivity index (χ4n) is 3.44. The average molecular weight is 316 g/mol. The van der Waals surface area contributed by atoms with Crippen molar-refractivity contribution in [2.24, 2.45) is 0 Å². The Hall–Kier alpha value is -1.88. The van der Waals surface area contributed by atoms with Crippen LogP contribution in [0.25, 0.3) is 0 Å². The van der Waals surface area contributed by atoms with Crippen molar-refractivity contribution in [1.82, 2.24) is 5.32 Å². The lowest BCUT2D eigenvalue weighted by atomic mass is 10.0. The molecule has 2 N–H and O–H groups in total. The van der Waals surface area contributed by atoms with Gasteiger partial charge in [0.1, 0.15) is 0 Å². The van der Waals surface area contributed by atoms with Crippen molar-refractivity contribution in [3.63, 3.8) is 0 Å². The van der Waals surface area contributed by atoms with Crippen molar-refractivity contribution in [3.05, 3.63) is 29.8 Å². The molecule has 0 aromatic heterocycles. The Labute approximate surface area is 136 Å². The molecule has 23 heavy (non-hydrogen) atoms. The molecule has 0 spiro atoms. The normalized spacial score (nSPS) is 20.0. The first-order chi connectivity index (χ1) is 11.1. The van der Waals surface area contributed by atoms with Gasteiger partial charge in [0.25, 0.3) is 0 Å². The van der Waals surface area contributed by atoms with Gasteiger partial charge in [-0.1, -0.05) is 25.0 Å². The van der Waals surface area contributed by atoms with E-state index in [0.29, 0.717) is 19.4 Å². The minimum Gasteiger partial charge on any atom is -0.388 e. The van der Waals surface area contributed by atoms with Gasteiger partial charge in [0.15, 0.2) is 0 Å². The number of nitrogens with zero attached hydrogens (tertiary/aromatic N) is 1. The summed E-state index contributed by atoms with van der Waals surface area (Å²) in [6.07, 6.45) is 5.42. The van der Waals surface area contributed by atoms with Crippen molar-refractivity contribution in [1.29, 1.82) is 0 Å². The zero-order valence-electron chi connectivity index (χ0n) is 13.4. The first-order valence-electron chi connectivity index (χ1n) is 8.44. The third kappa shape index (κ3) is 3.91. The van der Waals surface area contributed by atoms with E-state index in [1.807, 2.05) is 24.3 Å². The maximum absolute atomic E-state index is 12.0. The second-order valence-corrected chi connectivity index (χ2v) is 6.70. The highest BCUT2D eigenvalue weighted by atomic mass is 16.3. The van der Waals surface area contributed by atoms with Crippen molar-refractivity contribution in [2.45, 2.75) is 50.5 Å². The number of hydrogen-bond acceptors (Lipinski definition) is 3. The van der Waals surface area contributed by atoms with E-state index in [2.05, 4.69) is 5.32 Å². The molecule has 1 aromatic carbocycles. The average Bonchev–Trinajstić information content (AvgIpc) is 3.16. The van der Waals surface area contributed by atoms with Crippen LogP contribution in [0.3, 0.4) is 0 Å². The number of anilines is 1. The Kier molecular flexibility index (Phi) is 4.66. The zero-order chi connectivity index (χ0) is 16.3. The molecule has 3 rings (SSSR count). The van der Waals surface area contributed by atoms with Crippen LogP contribution in [0.5, 0.6) is 0 Å². The summed E-state index contributed by atoms with van der Waals surface area (Å²) in [5.74, 6) is 0.0932. The molecule has 0 radical (unpaired) electrons. The Balaban J connectivity index is 1.51. The largest absolute Gasteiger partial charge is 0.388 e. The van der Waals surface area contributed by atoms with E-state index in [1.165, 1.54) is 0 Å². The molecule has 2 fully saturated rings. The Morgan fingerprint density at radius 3 is 2.48 bits per heavy atom. The van der Waals surface area contributed by atoms with E-state index in [-0.39, 0.29) is 11.8 Å². The standard InChI is InChI=1S/C18H24N2O3/c21-16(19-13-18(23)9-1-2-10-18)12-14-5-7-15(8-6-14)20-11-3-4-17(20)22/h5-8,23H,1-4,9-13H2,(H,19,21). The van der Waals surface area contributed by atoms with Crippen molar-refractivity contribution >= 4 is 17.5 Å². The number of nitrogens with one attached hydrogen (secondary N) is 1. The molecule has 2 amide bonds. The molecule has 1 saturated carbocycles. The van der Waals surface area contributed by atoms with E-state index in [0.717, 1.165) is 49.9 Å². The third-order valence-electron chi connectivity index (χ3n) is 4.83. The van der Waals surface area contributed by atoms with Crippen LogP contribution < -0.4 is 10.2 Å². The minimum atomic E-state index is -0.713. The van der Waals surface area contributed by atoms with Crippen LogP contribution in [0, 0.1) is 0 Å². The number of aliphatic hydroxyl groups is 1. The quantitative estimate of drug-likeness (QED) is 0.870. The van der Waals surface area contributed by atoms with Gasteiger partial charge in [0.05, 0.1) is 12.0 Å². The summed E-state index contributed by atoms with van der Waals surface area (Å²) in [7, 11) is 0. The van der Waals surface area contributed by atoms with Crippen molar-refractivity contribution in [2.75, 3.05) is 18.0 Å². The monoisotopic (exact) mass is 316 g/mol. The molecule has 1 aliphatic carbocycles. The summed E-state index contributed by atoms with van der Waals surface area (Å²) in [5, 5.41) is 13.1. The molecule has 5 nitrogen and oxygen atoms in total. The Morgan fingerprint density at radius 1 is 1.17 bits per heavy atom. The Bertz CT molecular complexity index is 576. The lowest BCUT2D eigenvalue weighted by Crippen LogP contribution is -2.41. The van der Waals surface area contributed by atoms with E-state index in [9.17, 15) is 14.7 Å². The summed E-state index contributed by atoms with van der Waals surface area (Å²) in [6.45, 7) is 1.11. The van der Waals surface area contributed by atoms with Crippen LogP contribution in [-0.4, -0.2) is 35.6 Å². The van der Waals surface area contributed by atoms with Gasteiger partial charge < -0.3 is 15.3 Å². The highest BCUT2D eigenvalue weighted by Gasteiger charge is 2.31. The van der Waals surface area contributed by atoms with Crippen LogP contribution in [0.4, 0.5) is 5.69 Å². The van der Waals surface area contributed by atoms with E-state index < -0.39 is 5.60 Å². The second-order valence-electron chi connectivity index (χ2n) is 6.70. The maximum Gasteiger partial charge on any atom is 0.227 e. The van der Waals surface area contributed by atoms with Gasteiger partial charge in [-0.25, -0.2) is 0 Å². The van der Waals surface area contributed by atoms with Crippen LogP contribution >= 0.6 is 0 Å². The molecular formula is C18H24N2O3. The van der Waals surface area contributed by atoms with Crippen molar-refractivity contribution in [3.8, 4) is 0 Å². The smallest absolute Gasteiger partial charge is 0.227 e. The molecule has 0 bridgehead atoms. The lowest BCUT2D eigenvalue weighted by molar-refractivity contribution is -0.121. The van der Waals surface area contributed by atoms with Crippen LogP contribution in [0.1, 0.15) is 44.1 Å². The predicted octanol–water partition coefficient (Wildman–Crippen LogP) is 1.78. The first-order valence-corrected chi connectivity index (χ1v) is 8.44. The molecule has 5 heteroatoms. The molecule has 0 unspecified atom stereocenters. The predicted molar refractivity (Wildman–Crippen MR) is 88.2 cm³/mol. The maximum atomic E-state index is 12.0. The fraction of sp³-hybridized carbons (Fsp3) is 0.556. The number of hydrogen-bond donors (Lipinski definition) is 2. The van der Waals surface area contributed by atoms with Crippen LogP contribution in [-0.2, 0) is 16.0 Å². The molecule has 124 valence electrons. The summed E-state index contributed by atoms with van der Waals surface area (Å²) in [5.41, 5.74) is 1.10. The lowest BCUT2D eigenvalue weighted by Gasteiger charge is -2.22. The minimum absolute atomic E-state index is 0.0738. The summed E-state index contributed by atoms with van der Waals surface area (Å²) >= 11 is 0. The molecule has 2 aliphatic rings. The van der Waals surface area contributed by atoms with Gasteiger partial charge in [-0.2, -0.15) is 0 Å². The van der Waals surface area contributed by atoms with Crippen LogP contribution in [0.2, 0.25) is 0 Å². The molecular weight excluding hydrogens is 292 g/mol. The number of carbonyl (C=O) groups excluding carboxylic acids is 2. The molecule has 1 saturated heterocycles. The summed E-state index contributed by atoms with van der Waals surface area (Å²) < 4.78 is 0. The number of rotatable bonds is 5. The van der Waals surface area contributed by atoms with Gasteiger partial charge in [0.2, 0.25) is 11.8 Å². The zero-order valence-corrected chi connectivity index (χ0v) is 13.4. The fourth-order valence-corrected chi connectivity index (χ4v) is 3.44. The Morgan fingerprint density at radius 2 is 1.87 bits per heavy atom. The first kappa shape index (κ1) is 16.0. The van der Waals surface area contributed by atoms with E-state index >= 15 is 0 Å². The van der Waals surface area contributed by atoms with Gasteiger partial charge >= 0.3 is 0 Å². The molecule has 0 atom stereocenters. The van der Waals surface area contributed by atoms with E-state index in [1.54, 1.807) is 4.90 Å². The van der Waals surface area contributed by atoms with Crippen LogP contribution in [0.15, 0.2) is 24.3 Å². The highest BCUT2D eigenvalue weighted by Crippen LogP contribution is 2.28. The van der Waals surface area contributed by atoms with E-state index in [4.69, 9.17) is 0 Å². The highest BCUT2D eigenvalue weighted by molar-refractivity contribution is 5.95. The molecule has 1 aromatic rings. The summed E-state index contributed by atoms with van der Waals surface area (Å²) in [4.78, 5) is 25.5. The summed E-state index contributed by atoms with van der Waals surface area (Å²) in [6, 6.07) is 7.59. The van der Waals surface area contributed by atoms with Gasteiger partial charge in [-0.15, -0.1) is 0 Å². The topological polar surface area (TPSA) is 69.6 Å². The third-order valence-corrected chi connectivity index (χ3v) is 4.83. The second kappa shape index (κ2) is 6.71. The van der Waals surface area contributed by atoms with Gasteiger partial charge in [0, 0.05) is 25.2 Å². The molecule has 1 aliphatic heterocycles. The van der Waals surface area contributed by atoms with Gasteiger partial charge in [-0.3, -0.25) is 9.59 Å². The van der Waals surface area contributed by atoms with Gasteiger partial charge in [-0.05, 0) is 37.0 Å². The van der Waals surface area contributed by atoms with Crippen molar-refractivity contribution < 1.29 is 14.7 Å².